The highest BCUT2D eigenvalue weighted by atomic mass is 32.1. The molecule has 0 rings (SSSR count). The third-order valence-corrected chi connectivity index (χ3v) is 4.78. The number of aliphatic hydroxyl groups excluding tert-OH is 2. The van der Waals surface area contributed by atoms with Gasteiger partial charge in [-0.2, -0.15) is 12.6 Å². The first-order chi connectivity index (χ1) is 12.5. The van der Waals surface area contributed by atoms with E-state index in [-0.39, 0.29) is 11.7 Å². The lowest BCUT2D eigenvalue weighted by Gasteiger charge is -2.16. The van der Waals surface area contributed by atoms with Crippen molar-refractivity contribution in [3.8, 4) is 0 Å². The molecular formula is C20H38NO4S. The van der Waals surface area contributed by atoms with Gasteiger partial charge in [-0.05, 0) is 6.42 Å². The normalized spacial score (nSPS) is 13.4. The topological polar surface area (TPSA) is 86.6 Å². The molecule has 0 fully saturated rings. The van der Waals surface area contributed by atoms with Crippen LogP contribution >= 0.6 is 12.6 Å². The molecule has 0 aromatic heterocycles. The highest BCUT2D eigenvalue weighted by Gasteiger charge is 2.21. The average Bonchev–Trinajstić information content (AvgIpc) is 2.63. The smallest absolute Gasteiger partial charge is 0.220 e. The minimum Gasteiger partial charge on any atom is -0.394 e. The van der Waals surface area contributed by atoms with Crippen LogP contribution in [0.1, 0.15) is 84.0 Å². The lowest BCUT2D eigenvalue weighted by Crippen LogP contribution is -2.43. The summed E-state index contributed by atoms with van der Waals surface area (Å²) < 4.78 is 0. The molecule has 1 amide bonds. The number of amides is 1. The van der Waals surface area contributed by atoms with Crippen molar-refractivity contribution in [1.82, 2.24) is 5.32 Å². The molecule has 0 aliphatic carbocycles. The molecule has 0 saturated heterocycles. The Bertz CT molecular complexity index is 366. The minimum atomic E-state index is -1.20. The second-order valence-corrected chi connectivity index (χ2v) is 7.27. The Labute approximate surface area is 164 Å². The molecule has 0 saturated carbocycles. The summed E-state index contributed by atoms with van der Waals surface area (Å²) in [6, 6.07) is -0.750. The number of hydrogen-bond donors (Lipinski definition) is 4. The van der Waals surface area contributed by atoms with E-state index in [2.05, 4.69) is 24.9 Å². The van der Waals surface area contributed by atoms with E-state index >= 15 is 0 Å². The van der Waals surface area contributed by atoms with Gasteiger partial charge < -0.3 is 15.5 Å². The predicted molar refractivity (Wildman–Crippen MR) is 109 cm³/mol. The minimum absolute atomic E-state index is 0.164. The van der Waals surface area contributed by atoms with Gasteiger partial charge in [-0.25, -0.2) is 0 Å². The van der Waals surface area contributed by atoms with Crippen molar-refractivity contribution < 1.29 is 19.8 Å². The summed E-state index contributed by atoms with van der Waals surface area (Å²) in [7, 11) is 0. The number of rotatable bonds is 18. The van der Waals surface area contributed by atoms with Crippen molar-refractivity contribution in [1.29, 1.82) is 0 Å². The average molecular weight is 389 g/mol. The van der Waals surface area contributed by atoms with Gasteiger partial charge in [-0.3, -0.25) is 9.59 Å². The van der Waals surface area contributed by atoms with Crippen LogP contribution in [-0.4, -0.2) is 46.4 Å². The highest BCUT2D eigenvalue weighted by molar-refractivity contribution is 7.80. The third kappa shape index (κ3) is 14.6. The SMILES string of the molecule is CCCCCCCCCCCCCC(=O)N[C@H](CS)C(=O)[CH][C@@H](O)CO. The van der Waals surface area contributed by atoms with E-state index in [0.29, 0.717) is 6.42 Å². The number of aliphatic hydroxyl groups is 2. The van der Waals surface area contributed by atoms with E-state index in [0.717, 1.165) is 25.7 Å². The molecule has 1 radical (unpaired) electrons. The molecule has 0 aromatic carbocycles. The van der Waals surface area contributed by atoms with Crippen molar-refractivity contribution in [3.05, 3.63) is 6.42 Å². The first-order valence-corrected chi connectivity index (χ1v) is 10.8. The van der Waals surface area contributed by atoms with Crippen molar-refractivity contribution in [3.63, 3.8) is 0 Å². The molecule has 0 aromatic rings. The number of ketones is 1. The van der Waals surface area contributed by atoms with Crippen molar-refractivity contribution >= 4 is 24.3 Å². The van der Waals surface area contributed by atoms with Gasteiger partial charge in [0.15, 0.2) is 5.78 Å². The Hall–Kier alpha value is -0.590. The summed E-state index contributed by atoms with van der Waals surface area (Å²) in [5.74, 6) is -0.425. The maximum absolute atomic E-state index is 11.9. The van der Waals surface area contributed by atoms with Gasteiger partial charge in [-0.15, -0.1) is 0 Å². The van der Waals surface area contributed by atoms with Crippen LogP contribution in [0.4, 0.5) is 0 Å². The summed E-state index contributed by atoms with van der Waals surface area (Å²) >= 11 is 4.07. The molecule has 26 heavy (non-hydrogen) atoms. The van der Waals surface area contributed by atoms with Crippen LogP contribution in [0.5, 0.6) is 0 Å². The summed E-state index contributed by atoms with van der Waals surface area (Å²) in [4.78, 5) is 23.8. The highest BCUT2D eigenvalue weighted by Crippen LogP contribution is 2.12. The number of nitrogens with one attached hydrogen (secondary N) is 1. The third-order valence-electron chi connectivity index (χ3n) is 4.41. The quantitative estimate of drug-likeness (QED) is 0.214. The van der Waals surface area contributed by atoms with E-state index < -0.39 is 24.5 Å². The largest absolute Gasteiger partial charge is 0.394 e. The Morgan fingerprint density at radius 1 is 0.962 bits per heavy atom. The summed E-state index contributed by atoms with van der Waals surface area (Å²) in [6.07, 6.45) is 13.7. The van der Waals surface area contributed by atoms with Crippen LogP contribution in [0, 0.1) is 6.42 Å². The summed E-state index contributed by atoms with van der Waals surface area (Å²) in [5, 5.41) is 20.7. The number of carbonyl (C=O) groups excluding carboxylic acids is 2. The Kier molecular flexibility index (Phi) is 17.4. The van der Waals surface area contributed by atoms with Crippen LogP contribution in [0.15, 0.2) is 0 Å². The molecule has 0 aliphatic rings. The predicted octanol–water partition coefficient (Wildman–Crippen LogP) is 3.23. The first kappa shape index (κ1) is 25.4. The zero-order valence-electron chi connectivity index (χ0n) is 16.3. The number of Topliss-reactive ketones (excluding diaryl/α,β-unsaturated/α-hetero) is 1. The van der Waals surface area contributed by atoms with Gasteiger partial charge >= 0.3 is 0 Å². The molecule has 0 aliphatic heterocycles. The van der Waals surface area contributed by atoms with E-state index in [4.69, 9.17) is 5.11 Å². The molecule has 0 bridgehead atoms. The van der Waals surface area contributed by atoms with E-state index in [1.165, 1.54) is 51.4 Å². The monoisotopic (exact) mass is 388 g/mol. The number of hydrogen-bond acceptors (Lipinski definition) is 5. The zero-order chi connectivity index (χ0) is 19.6. The second kappa shape index (κ2) is 17.8. The van der Waals surface area contributed by atoms with Gasteiger partial charge in [0.2, 0.25) is 5.91 Å². The van der Waals surface area contributed by atoms with Crippen molar-refractivity contribution in [2.24, 2.45) is 0 Å². The van der Waals surface area contributed by atoms with Gasteiger partial charge in [-0.1, -0.05) is 71.1 Å². The van der Waals surface area contributed by atoms with Crippen LogP contribution in [-0.2, 0) is 9.59 Å². The lowest BCUT2D eigenvalue weighted by molar-refractivity contribution is -0.126. The summed E-state index contributed by atoms with van der Waals surface area (Å²) in [6.45, 7) is 1.72. The zero-order valence-corrected chi connectivity index (χ0v) is 17.2. The van der Waals surface area contributed by atoms with Crippen LogP contribution < -0.4 is 5.32 Å². The van der Waals surface area contributed by atoms with Gasteiger partial charge in [0, 0.05) is 12.2 Å². The molecule has 3 N–H and O–H groups in total. The Morgan fingerprint density at radius 3 is 1.92 bits per heavy atom. The Balaban J connectivity index is 3.64. The van der Waals surface area contributed by atoms with E-state index in [1.807, 2.05) is 0 Å². The number of carbonyl (C=O) groups is 2. The van der Waals surface area contributed by atoms with Crippen LogP contribution in [0.3, 0.4) is 0 Å². The molecular weight excluding hydrogens is 350 g/mol. The summed E-state index contributed by atoms with van der Waals surface area (Å²) in [5.41, 5.74) is 0. The number of thiol groups is 1. The fraction of sp³-hybridized carbons (Fsp3) is 0.850. The molecule has 153 valence electrons. The molecule has 0 unspecified atom stereocenters. The standard InChI is InChI=1S/C20H38NO4S/c1-2-3-4-5-6-7-8-9-10-11-12-13-20(25)21-18(16-26)19(24)14-17(23)15-22/h14,17-18,22-23,26H,2-13,15-16H2,1H3,(H,21,25)/t17-,18-/m1/s1. The van der Waals surface area contributed by atoms with E-state index in [1.54, 1.807) is 0 Å². The fourth-order valence-electron chi connectivity index (χ4n) is 2.78. The van der Waals surface area contributed by atoms with Gasteiger partial charge in [0.1, 0.15) is 0 Å². The van der Waals surface area contributed by atoms with Gasteiger partial charge in [0.05, 0.1) is 25.2 Å². The maximum atomic E-state index is 11.9. The molecule has 0 spiro atoms. The lowest BCUT2D eigenvalue weighted by atomic mass is 10.0. The van der Waals surface area contributed by atoms with Crippen LogP contribution in [0.2, 0.25) is 0 Å². The Morgan fingerprint density at radius 2 is 1.46 bits per heavy atom. The fourth-order valence-corrected chi connectivity index (χ4v) is 3.05. The molecule has 0 heterocycles. The van der Waals surface area contributed by atoms with E-state index in [9.17, 15) is 14.7 Å². The number of unbranched alkanes of at least 4 members (excludes halogenated alkanes) is 10. The first-order valence-electron chi connectivity index (χ1n) is 10.1. The van der Waals surface area contributed by atoms with Crippen molar-refractivity contribution in [2.75, 3.05) is 12.4 Å². The van der Waals surface area contributed by atoms with Crippen molar-refractivity contribution in [2.45, 2.75) is 96.1 Å². The molecule has 2 atom stereocenters. The molecule has 6 heteroatoms. The molecule has 5 nitrogen and oxygen atoms in total. The maximum Gasteiger partial charge on any atom is 0.220 e. The second-order valence-electron chi connectivity index (χ2n) is 6.91. The van der Waals surface area contributed by atoms with Gasteiger partial charge in [0.25, 0.3) is 0 Å². The van der Waals surface area contributed by atoms with Crippen LogP contribution in [0.25, 0.3) is 0 Å².